The molecule has 1 aromatic heterocycles. The van der Waals surface area contributed by atoms with Gasteiger partial charge in [0.25, 0.3) is 0 Å². The maximum Gasteiger partial charge on any atom is 0.243 e. The second-order valence-electron chi connectivity index (χ2n) is 7.82. The molecule has 1 N–H and O–H groups in total. The number of amides is 1. The first kappa shape index (κ1) is 22.7. The van der Waals surface area contributed by atoms with Crippen molar-refractivity contribution < 1.29 is 17.9 Å². The molecule has 7 nitrogen and oxygen atoms in total. The SMILES string of the molecule is COc1ccc(S(=O)(=O)N2CCC(C(=O)NCCCc3nc4ccccc4s3)CC2)cc1. The van der Waals surface area contributed by atoms with Crippen molar-refractivity contribution in [3.63, 3.8) is 0 Å². The predicted molar refractivity (Wildman–Crippen MR) is 125 cm³/mol. The number of carbonyl (C=O) groups is 1. The first-order chi connectivity index (χ1) is 15.5. The number of aromatic nitrogens is 1. The summed E-state index contributed by atoms with van der Waals surface area (Å²) >= 11 is 1.69. The molecular formula is C23H27N3O4S2. The average Bonchev–Trinajstić information content (AvgIpc) is 3.25. The smallest absolute Gasteiger partial charge is 0.243 e. The van der Waals surface area contributed by atoms with Crippen LogP contribution in [0.5, 0.6) is 5.75 Å². The van der Waals surface area contributed by atoms with E-state index < -0.39 is 10.0 Å². The van der Waals surface area contributed by atoms with Crippen LogP contribution in [0.4, 0.5) is 0 Å². The third-order valence-corrected chi connectivity index (χ3v) is 8.74. The molecule has 1 fully saturated rings. The van der Waals surface area contributed by atoms with Crippen LogP contribution in [0.3, 0.4) is 0 Å². The normalized spacial score (nSPS) is 15.7. The van der Waals surface area contributed by atoms with E-state index in [1.54, 1.807) is 42.7 Å². The highest BCUT2D eigenvalue weighted by atomic mass is 32.2. The van der Waals surface area contributed by atoms with E-state index in [0.717, 1.165) is 23.4 Å². The number of nitrogens with one attached hydrogen (secondary N) is 1. The minimum absolute atomic E-state index is 0.01000. The zero-order chi connectivity index (χ0) is 22.6. The van der Waals surface area contributed by atoms with E-state index in [4.69, 9.17) is 4.74 Å². The Hall–Kier alpha value is -2.49. The highest BCUT2D eigenvalue weighted by Crippen LogP contribution is 2.25. The summed E-state index contributed by atoms with van der Waals surface area (Å²) in [7, 11) is -2.02. The molecule has 1 aliphatic heterocycles. The van der Waals surface area contributed by atoms with Crippen molar-refractivity contribution >= 4 is 37.5 Å². The Kier molecular flexibility index (Phi) is 7.07. The van der Waals surface area contributed by atoms with Crippen LogP contribution >= 0.6 is 11.3 Å². The highest BCUT2D eigenvalue weighted by molar-refractivity contribution is 7.89. The molecule has 4 rings (SSSR count). The number of hydrogen-bond acceptors (Lipinski definition) is 6. The third-order valence-electron chi connectivity index (χ3n) is 5.73. The van der Waals surface area contributed by atoms with Gasteiger partial charge in [-0.3, -0.25) is 4.79 Å². The number of fused-ring (bicyclic) bond motifs is 1. The van der Waals surface area contributed by atoms with Gasteiger partial charge in [0.15, 0.2) is 0 Å². The average molecular weight is 474 g/mol. The number of carbonyl (C=O) groups excluding carboxylic acids is 1. The van der Waals surface area contributed by atoms with Crippen molar-refractivity contribution in [3.05, 3.63) is 53.5 Å². The molecule has 0 unspecified atom stereocenters. The minimum atomic E-state index is -3.56. The standard InChI is InChI=1S/C23H27N3O4S2/c1-30-18-8-10-19(11-9-18)32(28,29)26-15-12-17(13-16-26)23(27)24-14-4-7-22-25-20-5-2-3-6-21(20)31-22/h2-3,5-6,8-11,17H,4,7,12-16H2,1H3,(H,24,27). The van der Waals surface area contributed by atoms with Crippen molar-refractivity contribution in [2.45, 2.75) is 30.6 Å². The molecule has 1 amide bonds. The van der Waals surface area contributed by atoms with E-state index in [-0.39, 0.29) is 16.7 Å². The summed E-state index contributed by atoms with van der Waals surface area (Å²) in [6.45, 7) is 1.29. The molecular weight excluding hydrogens is 446 g/mol. The third kappa shape index (κ3) is 5.11. The molecule has 0 atom stereocenters. The number of para-hydroxylation sites is 1. The number of methoxy groups -OCH3 is 1. The largest absolute Gasteiger partial charge is 0.497 e. The first-order valence-electron chi connectivity index (χ1n) is 10.7. The molecule has 32 heavy (non-hydrogen) atoms. The second kappa shape index (κ2) is 9.97. The lowest BCUT2D eigenvalue weighted by Crippen LogP contribution is -2.43. The van der Waals surface area contributed by atoms with Crippen molar-refractivity contribution in [2.24, 2.45) is 5.92 Å². The fourth-order valence-corrected chi connectivity index (χ4v) is 6.36. The molecule has 2 aromatic carbocycles. The number of aryl methyl sites for hydroxylation is 1. The van der Waals surface area contributed by atoms with E-state index in [0.29, 0.717) is 38.2 Å². The summed E-state index contributed by atoms with van der Waals surface area (Å²) in [5.74, 6) is 0.470. The molecule has 0 radical (unpaired) electrons. The Morgan fingerprint density at radius 3 is 2.56 bits per heavy atom. The van der Waals surface area contributed by atoms with Crippen LogP contribution in [-0.4, -0.2) is 50.4 Å². The van der Waals surface area contributed by atoms with Crippen LogP contribution in [-0.2, 0) is 21.2 Å². The van der Waals surface area contributed by atoms with Crippen LogP contribution < -0.4 is 10.1 Å². The Morgan fingerprint density at radius 1 is 1.16 bits per heavy atom. The van der Waals surface area contributed by atoms with Crippen LogP contribution in [0, 0.1) is 5.92 Å². The van der Waals surface area contributed by atoms with Gasteiger partial charge in [-0.1, -0.05) is 12.1 Å². The Morgan fingerprint density at radius 2 is 1.88 bits per heavy atom. The lowest BCUT2D eigenvalue weighted by Gasteiger charge is -2.30. The van der Waals surface area contributed by atoms with Crippen molar-refractivity contribution in [2.75, 3.05) is 26.7 Å². The van der Waals surface area contributed by atoms with Crippen LogP contribution in [0.1, 0.15) is 24.3 Å². The van der Waals surface area contributed by atoms with Gasteiger partial charge in [0.1, 0.15) is 5.75 Å². The maximum atomic E-state index is 12.9. The zero-order valence-corrected chi connectivity index (χ0v) is 19.6. The van der Waals surface area contributed by atoms with E-state index in [1.807, 2.05) is 18.2 Å². The molecule has 2 heterocycles. The summed E-state index contributed by atoms with van der Waals surface area (Å²) < 4.78 is 33.4. The second-order valence-corrected chi connectivity index (χ2v) is 10.9. The number of nitrogens with zero attached hydrogens (tertiary/aromatic N) is 2. The molecule has 0 bridgehead atoms. The van der Waals surface area contributed by atoms with Crippen LogP contribution in [0.25, 0.3) is 10.2 Å². The molecule has 1 saturated heterocycles. The molecule has 9 heteroatoms. The van der Waals surface area contributed by atoms with Gasteiger partial charge in [-0.05, 0) is 55.7 Å². The summed E-state index contributed by atoms with van der Waals surface area (Å²) in [5.41, 5.74) is 1.02. The maximum absolute atomic E-state index is 12.9. The van der Waals surface area contributed by atoms with Gasteiger partial charge in [-0.2, -0.15) is 4.31 Å². The predicted octanol–water partition coefficient (Wildman–Crippen LogP) is 3.45. The van der Waals surface area contributed by atoms with Crippen molar-refractivity contribution in [3.8, 4) is 5.75 Å². The fourth-order valence-electron chi connectivity index (χ4n) is 3.88. The van der Waals surface area contributed by atoms with Gasteiger partial charge in [-0.25, -0.2) is 13.4 Å². The first-order valence-corrected chi connectivity index (χ1v) is 13.0. The fraction of sp³-hybridized carbons (Fsp3) is 0.391. The summed E-state index contributed by atoms with van der Waals surface area (Å²) in [4.78, 5) is 17.4. The number of benzene rings is 2. The minimum Gasteiger partial charge on any atom is -0.497 e. The van der Waals surface area contributed by atoms with Crippen molar-refractivity contribution in [1.82, 2.24) is 14.6 Å². The van der Waals surface area contributed by atoms with Crippen LogP contribution in [0.2, 0.25) is 0 Å². The van der Waals surface area contributed by atoms with E-state index >= 15 is 0 Å². The molecule has 0 aliphatic carbocycles. The lowest BCUT2D eigenvalue weighted by molar-refractivity contribution is -0.126. The van der Waals surface area contributed by atoms with Crippen LogP contribution in [0.15, 0.2) is 53.4 Å². The monoisotopic (exact) mass is 473 g/mol. The number of piperidine rings is 1. The van der Waals surface area contributed by atoms with E-state index in [9.17, 15) is 13.2 Å². The number of thiazole rings is 1. The lowest BCUT2D eigenvalue weighted by atomic mass is 9.97. The highest BCUT2D eigenvalue weighted by Gasteiger charge is 2.32. The molecule has 170 valence electrons. The Balaban J connectivity index is 1.22. The molecule has 0 spiro atoms. The summed E-state index contributed by atoms with van der Waals surface area (Å²) in [6.07, 6.45) is 2.71. The molecule has 1 aliphatic rings. The zero-order valence-electron chi connectivity index (χ0n) is 18.0. The number of rotatable bonds is 8. The quantitative estimate of drug-likeness (QED) is 0.506. The molecule has 3 aromatic rings. The van der Waals surface area contributed by atoms with Gasteiger partial charge in [0, 0.05) is 32.0 Å². The number of hydrogen-bond donors (Lipinski definition) is 1. The van der Waals surface area contributed by atoms with Crippen molar-refractivity contribution in [1.29, 1.82) is 0 Å². The van der Waals surface area contributed by atoms with E-state index in [1.165, 1.54) is 9.01 Å². The Labute approximate surface area is 192 Å². The van der Waals surface area contributed by atoms with Gasteiger partial charge < -0.3 is 10.1 Å². The van der Waals surface area contributed by atoms with E-state index in [2.05, 4.69) is 16.4 Å². The topological polar surface area (TPSA) is 88.6 Å². The summed E-state index contributed by atoms with van der Waals surface area (Å²) in [6, 6.07) is 14.5. The Bertz CT molecular complexity index is 1130. The number of sulfonamides is 1. The van der Waals surface area contributed by atoms with Gasteiger partial charge in [0.2, 0.25) is 15.9 Å². The van der Waals surface area contributed by atoms with Gasteiger partial charge in [-0.15, -0.1) is 11.3 Å². The molecule has 0 saturated carbocycles. The summed E-state index contributed by atoms with van der Waals surface area (Å²) in [5, 5.41) is 4.09. The number of ether oxygens (including phenoxy) is 1. The van der Waals surface area contributed by atoms with Gasteiger partial charge >= 0.3 is 0 Å². The van der Waals surface area contributed by atoms with Gasteiger partial charge in [0.05, 0.1) is 27.2 Å².